The second-order valence-electron chi connectivity index (χ2n) is 6.26. The summed E-state index contributed by atoms with van der Waals surface area (Å²) < 4.78 is 18.9. The molecule has 0 spiro atoms. The number of nitrogens with one attached hydrogen (secondary N) is 2. The predicted octanol–water partition coefficient (Wildman–Crippen LogP) is 4.66. The molecule has 1 aromatic heterocycles. The Bertz CT molecular complexity index is 945. The summed E-state index contributed by atoms with van der Waals surface area (Å²) in [4.78, 5) is 23.7. The van der Waals surface area contributed by atoms with E-state index >= 15 is 0 Å². The molecular formula is C18H18FN3O4S2. The number of nitro benzene ring substituents is 1. The Morgan fingerprint density at radius 1 is 1.29 bits per heavy atom. The molecule has 0 radical (unpaired) electrons. The molecule has 1 heterocycles. The molecule has 0 atom stereocenters. The number of ether oxygens (including phenoxy) is 1. The molecule has 1 aromatic carbocycles. The zero-order valence-corrected chi connectivity index (χ0v) is 16.7. The van der Waals surface area contributed by atoms with E-state index < -0.39 is 16.7 Å². The Labute approximate surface area is 170 Å². The first-order valence-corrected chi connectivity index (χ1v) is 9.88. The maximum atomic E-state index is 14.0. The topological polar surface area (TPSA) is 93.5 Å². The van der Waals surface area contributed by atoms with Crippen molar-refractivity contribution in [2.24, 2.45) is 0 Å². The van der Waals surface area contributed by atoms with Crippen LogP contribution >= 0.6 is 23.6 Å². The van der Waals surface area contributed by atoms with Gasteiger partial charge in [-0.3, -0.25) is 10.1 Å². The number of hydrogen-bond acceptors (Lipinski definition) is 6. The van der Waals surface area contributed by atoms with Gasteiger partial charge in [-0.05, 0) is 49.5 Å². The summed E-state index contributed by atoms with van der Waals surface area (Å²) in [5.41, 5.74) is 1.04. The summed E-state index contributed by atoms with van der Waals surface area (Å²) in [7, 11) is 1.32. The van der Waals surface area contributed by atoms with Gasteiger partial charge in [0, 0.05) is 17.0 Å². The van der Waals surface area contributed by atoms with Gasteiger partial charge in [-0.1, -0.05) is 6.42 Å². The normalized spacial score (nSPS) is 13.2. The highest BCUT2D eigenvalue weighted by Gasteiger charge is 2.26. The molecule has 0 amide bonds. The Morgan fingerprint density at radius 2 is 2.04 bits per heavy atom. The van der Waals surface area contributed by atoms with Crippen LogP contribution in [-0.4, -0.2) is 23.1 Å². The van der Waals surface area contributed by atoms with Crippen LogP contribution in [0.2, 0.25) is 0 Å². The molecule has 0 unspecified atom stereocenters. The van der Waals surface area contributed by atoms with Crippen molar-refractivity contribution in [1.29, 1.82) is 0 Å². The van der Waals surface area contributed by atoms with Gasteiger partial charge >= 0.3 is 5.97 Å². The van der Waals surface area contributed by atoms with Crippen LogP contribution in [-0.2, 0) is 17.6 Å². The third-order valence-electron chi connectivity index (χ3n) is 4.45. The van der Waals surface area contributed by atoms with E-state index in [-0.39, 0.29) is 16.5 Å². The lowest BCUT2D eigenvalue weighted by atomic mass is 10.1. The van der Waals surface area contributed by atoms with Gasteiger partial charge in [-0.2, -0.15) is 0 Å². The molecule has 0 aliphatic heterocycles. The lowest BCUT2D eigenvalue weighted by Crippen LogP contribution is -2.21. The lowest BCUT2D eigenvalue weighted by Gasteiger charge is -2.11. The van der Waals surface area contributed by atoms with E-state index in [0.29, 0.717) is 10.6 Å². The minimum atomic E-state index is -0.676. The molecule has 28 heavy (non-hydrogen) atoms. The highest BCUT2D eigenvalue weighted by atomic mass is 32.1. The van der Waals surface area contributed by atoms with Crippen molar-refractivity contribution < 1.29 is 18.8 Å². The average molecular weight is 423 g/mol. The summed E-state index contributed by atoms with van der Waals surface area (Å²) in [5, 5.41) is 17.0. The molecular weight excluding hydrogens is 405 g/mol. The zero-order chi connectivity index (χ0) is 20.3. The molecule has 7 nitrogen and oxygen atoms in total. The molecule has 3 rings (SSSR count). The highest BCUT2D eigenvalue weighted by molar-refractivity contribution is 7.80. The molecule has 0 bridgehead atoms. The molecule has 10 heteroatoms. The third-order valence-corrected chi connectivity index (χ3v) is 5.86. The fraction of sp³-hybridized carbons (Fsp3) is 0.333. The van der Waals surface area contributed by atoms with Crippen LogP contribution in [0.15, 0.2) is 18.2 Å². The number of aryl methyl sites for hydroxylation is 1. The Morgan fingerprint density at radius 3 is 2.75 bits per heavy atom. The molecule has 2 N–H and O–H groups in total. The van der Waals surface area contributed by atoms with Crippen LogP contribution in [0, 0.1) is 15.9 Å². The lowest BCUT2D eigenvalue weighted by molar-refractivity contribution is -0.384. The summed E-state index contributed by atoms with van der Waals surface area (Å²) in [6, 6.07) is 3.13. The Balaban J connectivity index is 1.85. The summed E-state index contributed by atoms with van der Waals surface area (Å²) in [6.07, 6.45) is 4.82. The van der Waals surface area contributed by atoms with Crippen molar-refractivity contribution in [1.82, 2.24) is 0 Å². The van der Waals surface area contributed by atoms with Crippen molar-refractivity contribution in [2.45, 2.75) is 32.1 Å². The van der Waals surface area contributed by atoms with Crippen LogP contribution in [0.5, 0.6) is 0 Å². The Hall–Kier alpha value is -2.59. The van der Waals surface area contributed by atoms with E-state index in [1.54, 1.807) is 0 Å². The van der Waals surface area contributed by atoms with Crippen molar-refractivity contribution in [3.8, 4) is 0 Å². The van der Waals surface area contributed by atoms with E-state index in [1.165, 1.54) is 18.4 Å². The van der Waals surface area contributed by atoms with Crippen molar-refractivity contribution in [3.05, 3.63) is 50.1 Å². The first kappa shape index (κ1) is 20.2. The second kappa shape index (κ2) is 8.61. The van der Waals surface area contributed by atoms with Crippen LogP contribution < -0.4 is 10.6 Å². The number of benzene rings is 1. The van der Waals surface area contributed by atoms with Crippen molar-refractivity contribution in [2.75, 3.05) is 17.7 Å². The van der Waals surface area contributed by atoms with Gasteiger partial charge in [0.25, 0.3) is 5.69 Å². The number of thiocarbonyl (C=S) groups is 1. The highest BCUT2D eigenvalue weighted by Crippen LogP contribution is 2.38. The number of halogens is 1. The molecule has 1 aliphatic rings. The SMILES string of the molecule is COC(=O)c1c(NC(=S)Nc2cc([N+](=O)[O-])ccc2F)sc2c1CCCCC2. The first-order valence-electron chi connectivity index (χ1n) is 8.65. The number of non-ortho nitro benzene ring substituents is 1. The van der Waals surface area contributed by atoms with Gasteiger partial charge in [-0.15, -0.1) is 11.3 Å². The minimum absolute atomic E-state index is 0.0287. The first-order chi connectivity index (χ1) is 13.4. The van der Waals surface area contributed by atoms with Crippen LogP contribution in [0.3, 0.4) is 0 Å². The third kappa shape index (κ3) is 4.28. The van der Waals surface area contributed by atoms with E-state index in [4.69, 9.17) is 17.0 Å². The van der Waals surface area contributed by atoms with E-state index in [2.05, 4.69) is 10.6 Å². The average Bonchev–Trinajstić information content (AvgIpc) is 2.83. The molecule has 148 valence electrons. The number of nitrogens with zero attached hydrogens (tertiary/aromatic N) is 1. The number of hydrogen-bond donors (Lipinski definition) is 2. The zero-order valence-electron chi connectivity index (χ0n) is 15.0. The largest absolute Gasteiger partial charge is 0.465 e. The van der Waals surface area contributed by atoms with Gasteiger partial charge in [0.05, 0.1) is 23.3 Å². The number of nitro groups is 1. The molecule has 1 aliphatic carbocycles. The predicted molar refractivity (Wildman–Crippen MR) is 110 cm³/mol. The number of carbonyl (C=O) groups is 1. The number of rotatable bonds is 4. The molecule has 0 fully saturated rings. The summed E-state index contributed by atoms with van der Waals surface area (Å²) in [5.74, 6) is -1.13. The van der Waals surface area contributed by atoms with Crippen LogP contribution in [0.25, 0.3) is 0 Å². The number of methoxy groups -OCH3 is 1. The number of esters is 1. The monoisotopic (exact) mass is 423 g/mol. The molecule has 0 saturated heterocycles. The van der Waals surface area contributed by atoms with E-state index in [0.717, 1.165) is 60.7 Å². The van der Waals surface area contributed by atoms with E-state index in [9.17, 15) is 19.3 Å². The number of thiophene rings is 1. The van der Waals surface area contributed by atoms with Gasteiger partial charge < -0.3 is 15.4 Å². The molecule has 2 aromatic rings. The minimum Gasteiger partial charge on any atom is -0.465 e. The standard InChI is InChI=1S/C18H18FN3O4S2/c1-26-17(23)15-11-5-3-2-4-6-14(11)28-16(15)21-18(27)20-13-9-10(22(24)25)7-8-12(13)19/h7-9H,2-6H2,1H3,(H2,20,21,27). The summed E-state index contributed by atoms with van der Waals surface area (Å²) in [6.45, 7) is 0. The van der Waals surface area contributed by atoms with Gasteiger partial charge in [0.15, 0.2) is 5.11 Å². The number of anilines is 2. The number of carbonyl (C=O) groups excluding carboxylic acids is 1. The quantitative estimate of drug-likeness (QED) is 0.243. The van der Waals surface area contributed by atoms with E-state index in [1.807, 2.05) is 0 Å². The van der Waals surface area contributed by atoms with Crippen molar-refractivity contribution in [3.63, 3.8) is 0 Å². The smallest absolute Gasteiger partial charge is 0.341 e. The maximum Gasteiger partial charge on any atom is 0.341 e. The number of fused-ring (bicyclic) bond motifs is 1. The van der Waals surface area contributed by atoms with Crippen LogP contribution in [0.4, 0.5) is 20.8 Å². The van der Waals surface area contributed by atoms with Crippen molar-refractivity contribution >= 4 is 51.0 Å². The maximum absolute atomic E-state index is 14.0. The Kier molecular flexibility index (Phi) is 6.20. The second-order valence-corrected chi connectivity index (χ2v) is 7.77. The fourth-order valence-electron chi connectivity index (χ4n) is 3.13. The molecule has 0 saturated carbocycles. The van der Waals surface area contributed by atoms with Crippen LogP contribution in [0.1, 0.15) is 40.1 Å². The van der Waals surface area contributed by atoms with Gasteiger partial charge in [-0.25, -0.2) is 9.18 Å². The summed E-state index contributed by atoms with van der Waals surface area (Å²) >= 11 is 6.66. The van der Waals surface area contributed by atoms with Gasteiger partial charge in [0.1, 0.15) is 10.8 Å². The fourth-order valence-corrected chi connectivity index (χ4v) is 4.69. The van der Waals surface area contributed by atoms with Gasteiger partial charge in [0.2, 0.25) is 0 Å².